The second-order valence-corrected chi connectivity index (χ2v) is 7.27. The van der Waals surface area contributed by atoms with Crippen LogP contribution in [0.4, 0.5) is 11.5 Å². The Hall–Kier alpha value is -3.80. The van der Waals surface area contributed by atoms with Gasteiger partial charge in [-0.1, -0.05) is 60.7 Å². The molecule has 0 saturated carbocycles. The molecule has 3 heterocycles. The minimum Gasteiger partial charge on any atom is -0.365 e. The van der Waals surface area contributed by atoms with Crippen LogP contribution >= 0.6 is 0 Å². The maximum Gasteiger partial charge on any atom is 0.159 e. The van der Waals surface area contributed by atoms with Gasteiger partial charge in [-0.05, 0) is 11.6 Å². The van der Waals surface area contributed by atoms with Crippen LogP contribution in [0.5, 0.6) is 0 Å². The smallest absolute Gasteiger partial charge is 0.159 e. The molecule has 4 aromatic rings. The van der Waals surface area contributed by atoms with Gasteiger partial charge in [-0.3, -0.25) is 0 Å². The molecule has 0 unspecified atom stereocenters. The molecular formula is C24H22N6. The number of hydrogen-bond acceptors (Lipinski definition) is 6. The van der Waals surface area contributed by atoms with Gasteiger partial charge in [-0.25, -0.2) is 9.97 Å². The number of piperazine rings is 1. The van der Waals surface area contributed by atoms with Crippen molar-refractivity contribution in [3.05, 3.63) is 85.5 Å². The van der Waals surface area contributed by atoms with Crippen molar-refractivity contribution in [3.8, 4) is 22.4 Å². The molecule has 0 spiro atoms. The van der Waals surface area contributed by atoms with Gasteiger partial charge in [0.15, 0.2) is 5.82 Å². The first kappa shape index (κ1) is 18.2. The van der Waals surface area contributed by atoms with E-state index < -0.39 is 0 Å². The molecule has 0 aliphatic carbocycles. The van der Waals surface area contributed by atoms with E-state index in [-0.39, 0.29) is 0 Å². The second kappa shape index (κ2) is 8.29. The Morgan fingerprint density at radius 1 is 0.633 bits per heavy atom. The third-order valence-corrected chi connectivity index (χ3v) is 5.42. The molecule has 30 heavy (non-hydrogen) atoms. The molecule has 1 aliphatic heterocycles. The summed E-state index contributed by atoms with van der Waals surface area (Å²) in [4.78, 5) is 12.9. The minimum absolute atomic E-state index is 0.869. The Kier molecular flexibility index (Phi) is 5.04. The lowest BCUT2D eigenvalue weighted by Gasteiger charge is -2.36. The van der Waals surface area contributed by atoms with Gasteiger partial charge in [0.2, 0.25) is 0 Å². The molecular weight excluding hydrogens is 372 g/mol. The lowest BCUT2D eigenvalue weighted by Crippen LogP contribution is -2.47. The molecule has 6 heteroatoms. The number of anilines is 2. The zero-order chi connectivity index (χ0) is 20.2. The van der Waals surface area contributed by atoms with Gasteiger partial charge in [0.25, 0.3) is 0 Å². The molecule has 0 amide bonds. The van der Waals surface area contributed by atoms with Gasteiger partial charge in [-0.15, -0.1) is 10.2 Å². The Balaban J connectivity index is 1.46. The fraction of sp³-hybridized carbons (Fsp3) is 0.167. The first-order valence-electron chi connectivity index (χ1n) is 10.1. The quantitative estimate of drug-likeness (QED) is 0.523. The number of aromatic nitrogens is 4. The Morgan fingerprint density at radius 2 is 1.23 bits per heavy atom. The van der Waals surface area contributed by atoms with E-state index in [1.807, 2.05) is 36.7 Å². The highest BCUT2D eigenvalue weighted by Gasteiger charge is 2.22. The zero-order valence-corrected chi connectivity index (χ0v) is 16.6. The van der Waals surface area contributed by atoms with Gasteiger partial charge < -0.3 is 9.80 Å². The van der Waals surface area contributed by atoms with E-state index in [1.165, 1.54) is 0 Å². The first-order chi connectivity index (χ1) is 14.9. The van der Waals surface area contributed by atoms with Crippen LogP contribution < -0.4 is 9.80 Å². The summed E-state index contributed by atoms with van der Waals surface area (Å²) in [6.45, 7) is 3.52. The van der Waals surface area contributed by atoms with Crippen LogP contribution in [-0.4, -0.2) is 46.3 Å². The highest BCUT2D eigenvalue weighted by molar-refractivity contribution is 5.79. The topological polar surface area (TPSA) is 58.0 Å². The van der Waals surface area contributed by atoms with Crippen molar-refractivity contribution in [3.63, 3.8) is 0 Å². The number of nitrogens with zero attached hydrogens (tertiary/aromatic N) is 6. The average Bonchev–Trinajstić information content (AvgIpc) is 2.85. The van der Waals surface area contributed by atoms with Gasteiger partial charge >= 0.3 is 0 Å². The average molecular weight is 394 g/mol. The molecule has 6 nitrogen and oxygen atoms in total. The minimum atomic E-state index is 0.869. The van der Waals surface area contributed by atoms with Crippen LogP contribution in [0.1, 0.15) is 0 Å². The van der Waals surface area contributed by atoms with E-state index in [1.54, 1.807) is 6.33 Å². The second-order valence-electron chi connectivity index (χ2n) is 7.27. The summed E-state index contributed by atoms with van der Waals surface area (Å²) in [6, 6.07) is 22.8. The molecule has 0 atom stereocenters. The SMILES string of the molecule is c1ccc(-c2cc(-c3ccccc3)c(N3CCN(c4cncnc4)CC3)nn2)cc1. The maximum atomic E-state index is 4.69. The third kappa shape index (κ3) is 3.72. The predicted molar refractivity (Wildman–Crippen MR) is 119 cm³/mol. The summed E-state index contributed by atoms with van der Waals surface area (Å²) in [6.07, 6.45) is 5.30. The number of rotatable bonds is 4. The van der Waals surface area contributed by atoms with Gasteiger partial charge in [0, 0.05) is 37.3 Å². The summed E-state index contributed by atoms with van der Waals surface area (Å²) >= 11 is 0. The summed E-state index contributed by atoms with van der Waals surface area (Å²) < 4.78 is 0. The van der Waals surface area contributed by atoms with Crippen molar-refractivity contribution < 1.29 is 0 Å². The summed E-state index contributed by atoms with van der Waals surface area (Å²) in [5.74, 6) is 0.935. The third-order valence-electron chi connectivity index (χ3n) is 5.42. The van der Waals surface area contributed by atoms with Gasteiger partial charge in [0.05, 0.1) is 23.8 Å². The van der Waals surface area contributed by atoms with Crippen LogP contribution in [0, 0.1) is 0 Å². The van der Waals surface area contributed by atoms with Crippen LogP contribution in [0.15, 0.2) is 85.5 Å². The first-order valence-corrected chi connectivity index (χ1v) is 10.1. The molecule has 148 valence electrons. The normalized spacial score (nSPS) is 14.0. The molecule has 2 aromatic carbocycles. The van der Waals surface area contributed by atoms with E-state index in [0.717, 1.165) is 60.1 Å². The van der Waals surface area contributed by atoms with Crippen molar-refractivity contribution in [1.29, 1.82) is 0 Å². The summed E-state index contributed by atoms with van der Waals surface area (Å²) in [5.41, 5.74) is 5.28. The highest BCUT2D eigenvalue weighted by Crippen LogP contribution is 2.32. The fourth-order valence-electron chi connectivity index (χ4n) is 3.83. The molecule has 1 saturated heterocycles. The van der Waals surface area contributed by atoms with Crippen LogP contribution in [0.25, 0.3) is 22.4 Å². The van der Waals surface area contributed by atoms with E-state index in [9.17, 15) is 0 Å². The molecule has 0 N–H and O–H groups in total. The van der Waals surface area contributed by atoms with E-state index in [4.69, 9.17) is 0 Å². The summed E-state index contributed by atoms with van der Waals surface area (Å²) in [7, 11) is 0. The van der Waals surface area contributed by atoms with Gasteiger partial charge in [0.1, 0.15) is 6.33 Å². The van der Waals surface area contributed by atoms with E-state index >= 15 is 0 Å². The van der Waals surface area contributed by atoms with Crippen molar-refractivity contribution in [2.45, 2.75) is 0 Å². The maximum absolute atomic E-state index is 4.69. The molecule has 0 radical (unpaired) electrons. The largest absolute Gasteiger partial charge is 0.365 e. The van der Waals surface area contributed by atoms with E-state index in [0.29, 0.717) is 0 Å². The van der Waals surface area contributed by atoms with Gasteiger partial charge in [-0.2, -0.15) is 0 Å². The van der Waals surface area contributed by atoms with Crippen LogP contribution in [-0.2, 0) is 0 Å². The fourth-order valence-corrected chi connectivity index (χ4v) is 3.83. The predicted octanol–water partition coefficient (Wildman–Crippen LogP) is 3.93. The van der Waals surface area contributed by atoms with E-state index in [2.05, 4.69) is 72.4 Å². The lowest BCUT2D eigenvalue weighted by atomic mass is 10.0. The molecule has 0 bridgehead atoms. The highest BCUT2D eigenvalue weighted by atomic mass is 15.3. The van der Waals surface area contributed by atoms with Crippen LogP contribution in [0.3, 0.4) is 0 Å². The molecule has 5 rings (SSSR count). The Morgan fingerprint density at radius 3 is 1.90 bits per heavy atom. The van der Waals surface area contributed by atoms with Crippen molar-refractivity contribution >= 4 is 11.5 Å². The van der Waals surface area contributed by atoms with Crippen molar-refractivity contribution in [1.82, 2.24) is 20.2 Å². The monoisotopic (exact) mass is 394 g/mol. The van der Waals surface area contributed by atoms with Crippen molar-refractivity contribution in [2.75, 3.05) is 36.0 Å². The zero-order valence-electron chi connectivity index (χ0n) is 16.6. The number of benzene rings is 2. The molecule has 2 aromatic heterocycles. The van der Waals surface area contributed by atoms with Crippen LogP contribution in [0.2, 0.25) is 0 Å². The van der Waals surface area contributed by atoms with Crippen molar-refractivity contribution in [2.24, 2.45) is 0 Å². The Bertz CT molecular complexity index is 1090. The Labute approximate surface area is 175 Å². The lowest BCUT2D eigenvalue weighted by molar-refractivity contribution is 0.643. The summed E-state index contributed by atoms with van der Waals surface area (Å²) in [5, 5.41) is 9.25. The standard InChI is InChI=1S/C24H22N6/c1-3-7-19(8-4-1)22-15-23(20-9-5-2-6-10-20)27-28-24(22)30-13-11-29(12-14-30)21-16-25-18-26-17-21/h1-10,15-18H,11-14H2. The molecule has 1 fully saturated rings. The molecule has 1 aliphatic rings. The number of hydrogen-bond donors (Lipinski definition) is 0.